The second kappa shape index (κ2) is 5.16. The summed E-state index contributed by atoms with van der Waals surface area (Å²) < 4.78 is 0. The lowest BCUT2D eigenvalue weighted by atomic mass is 9.86. The third kappa shape index (κ3) is 2.22. The molecule has 1 atom stereocenters. The summed E-state index contributed by atoms with van der Waals surface area (Å²) in [4.78, 5) is 6.65. The van der Waals surface area contributed by atoms with Gasteiger partial charge in [0.1, 0.15) is 0 Å². The normalized spacial score (nSPS) is 21.0. The van der Waals surface area contributed by atoms with Crippen molar-refractivity contribution in [1.29, 1.82) is 0 Å². The predicted octanol–water partition coefficient (Wildman–Crippen LogP) is 2.43. The van der Waals surface area contributed by atoms with Crippen molar-refractivity contribution in [3.8, 4) is 10.6 Å². The number of anilines is 1. The van der Waals surface area contributed by atoms with Gasteiger partial charge in [-0.2, -0.15) is 5.10 Å². The van der Waals surface area contributed by atoms with E-state index in [2.05, 4.69) is 40.4 Å². The largest absolute Gasteiger partial charge is 0.370 e. The standard InChI is InChI=1S/C14H20N6S/c1-3-8(4-2)14(16)12-10(18-13(15)19-14)7-11(21-12)9-5-6-17-20-9/h5-8H,3-4,16H2,1-2H3,(H,17,20)(H3,15,18,19). The van der Waals surface area contributed by atoms with Crippen LogP contribution in [0.5, 0.6) is 0 Å². The summed E-state index contributed by atoms with van der Waals surface area (Å²) in [5.41, 5.74) is 13.8. The summed E-state index contributed by atoms with van der Waals surface area (Å²) in [5, 5.41) is 10.1. The highest BCUT2D eigenvalue weighted by atomic mass is 32.1. The van der Waals surface area contributed by atoms with Crippen LogP contribution in [0, 0.1) is 5.92 Å². The molecule has 3 heterocycles. The first-order chi connectivity index (χ1) is 10.1. The molecule has 0 saturated heterocycles. The highest BCUT2D eigenvalue weighted by Crippen LogP contribution is 2.46. The maximum Gasteiger partial charge on any atom is 0.195 e. The van der Waals surface area contributed by atoms with Gasteiger partial charge in [0.2, 0.25) is 0 Å². The highest BCUT2D eigenvalue weighted by Gasteiger charge is 2.41. The first-order valence-corrected chi connectivity index (χ1v) is 7.95. The van der Waals surface area contributed by atoms with Gasteiger partial charge in [0.15, 0.2) is 11.6 Å². The maximum absolute atomic E-state index is 6.67. The smallest absolute Gasteiger partial charge is 0.195 e. The van der Waals surface area contributed by atoms with Crippen molar-refractivity contribution in [1.82, 2.24) is 10.2 Å². The van der Waals surface area contributed by atoms with Crippen LogP contribution in [-0.4, -0.2) is 16.2 Å². The van der Waals surface area contributed by atoms with E-state index in [1.54, 1.807) is 17.5 Å². The number of H-pyrrole nitrogens is 1. The Morgan fingerprint density at radius 2 is 2.14 bits per heavy atom. The number of nitrogens with zero attached hydrogens (tertiary/aromatic N) is 2. The molecular formula is C14H20N6S. The van der Waals surface area contributed by atoms with E-state index in [1.165, 1.54) is 0 Å². The lowest BCUT2D eigenvalue weighted by Crippen LogP contribution is -2.47. The van der Waals surface area contributed by atoms with E-state index in [0.29, 0.717) is 5.96 Å². The first kappa shape index (κ1) is 14.1. The number of fused-ring (bicyclic) bond motifs is 1. The summed E-state index contributed by atoms with van der Waals surface area (Å²) >= 11 is 1.64. The van der Waals surface area contributed by atoms with E-state index >= 15 is 0 Å². The second-order valence-electron chi connectivity index (χ2n) is 5.28. The van der Waals surface area contributed by atoms with E-state index in [9.17, 15) is 0 Å². The van der Waals surface area contributed by atoms with Crippen LogP contribution >= 0.6 is 11.3 Å². The maximum atomic E-state index is 6.67. The number of hydrogen-bond acceptors (Lipinski definition) is 6. The molecule has 0 bridgehead atoms. The third-order valence-corrected chi connectivity index (χ3v) is 5.35. The number of thiophene rings is 1. The summed E-state index contributed by atoms with van der Waals surface area (Å²) in [7, 11) is 0. The van der Waals surface area contributed by atoms with Gasteiger partial charge in [0.05, 0.1) is 21.1 Å². The van der Waals surface area contributed by atoms with Gasteiger partial charge < -0.3 is 16.8 Å². The van der Waals surface area contributed by atoms with Gasteiger partial charge in [0.25, 0.3) is 0 Å². The minimum atomic E-state index is -0.753. The minimum absolute atomic E-state index is 0.255. The van der Waals surface area contributed by atoms with Crippen molar-refractivity contribution >= 4 is 23.0 Å². The summed E-state index contributed by atoms with van der Waals surface area (Å²) in [6, 6.07) is 4.00. The molecule has 0 radical (unpaired) electrons. The number of nitrogens with two attached hydrogens (primary N) is 2. The van der Waals surface area contributed by atoms with Crippen LogP contribution in [-0.2, 0) is 5.66 Å². The molecule has 0 saturated carbocycles. The average molecular weight is 304 g/mol. The van der Waals surface area contributed by atoms with Crippen molar-refractivity contribution in [3.63, 3.8) is 0 Å². The Bertz CT molecular complexity index is 655. The molecule has 2 aromatic heterocycles. The van der Waals surface area contributed by atoms with E-state index in [0.717, 1.165) is 34.0 Å². The van der Waals surface area contributed by atoms with Crippen LogP contribution in [0.2, 0.25) is 0 Å². The average Bonchev–Trinajstić information content (AvgIpc) is 3.07. The zero-order valence-corrected chi connectivity index (χ0v) is 13.0. The van der Waals surface area contributed by atoms with E-state index in [1.807, 2.05) is 6.07 Å². The van der Waals surface area contributed by atoms with Gasteiger partial charge in [-0.25, -0.2) is 4.99 Å². The molecule has 21 heavy (non-hydrogen) atoms. The van der Waals surface area contributed by atoms with Crippen molar-refractivity contribution in [2.24, 2.45) is 22.4 Å². The molecule has 7 heteroatoms. The summed E-state index contributed by atoms with van der Waals surface area (Å²) in [6.45, 7) is 4.28. The van der Waals surface area contributed by atoms with Crippen molar-refractivity contribution in [2.75, 3.05) is 5.32 Å². The monoisotopic (exact) mass is 304 g/mol. The molecule has 2 aromatic rings. The van der Waals surface area contributed by atoms with Gasteiger partial charge in [-0.1, -0.05) is 13.8 Å². The number of hydrogen-bond donors (Lipinski definition) is 4. The Kier molecular flexibility index (Phi) is 3.46. The SMILES string of the molecule is CCC(CC)C1(N)N=C(N)Nc2cc(-c3ccn[nH]3)sc21. The first-order valence-electron chi connectivity index (χ1n) is 7.13. The van der Waals surface area contributed by atoms with E-state index in [4.69, 9.17) is 11.5 Å². The van der Waals surface area contributed by atoms with Crippen LogP contribution in [0.4, 0.5) is 5.69 Å². The fourth-order valence-electron chi connectivity index (χ4n) is 2.91. The van der Waals surface area contributed by atoms with Crippen LogP contribution in [0.25, 0.3) is 10.6 Å². The summed E-state index contributed by atoms with van der Waals surface area (Å²) in [5.74, 6) is 0.635. The number of rotatable bonds is 4. The van der Waals surface area contributed by atoms with Crippen molar-refractivity contribution < 1.29 is 0 Å². The van der Waals surface area contributed by atoms with Crippen molar-refractivity contribution in [2.45, 2.75) is 32.4 Å². The Morgan fingerprint density at radius 3 is 2.76 bits per heavy atom. The van der Waals surface area contributed by atoms with Gasteiger partial charge >= 0.3 is 0 Å². The molecule has 1 unspecified atom stereocenters. The topological polar surface area (TPSA) is 105 Å². The second-order valence-corrected chi connectivity index (χ2v) is 6.34. The molecule has 112 valence electrons. The summed E-state index contributed by atoms with van der Waals surface area (Å²) in [6.07, 6.45) is 3.66. The Balaban J connectivity index is 2.10. The molecule has 3 rings (SSSR count). The van der Waals surface area contributed by atoms with Gasteiger partial charge in [-0.15, -0.1) is 11.3 Å². The quantitative estimate of drug-likeness (QED) is 0.696. The van der Waals surface area contributed by atoms with Crippen LogP contribution in [0.3, 0.4) is 0 Å². The lowest BCUT2D eigenvalue weighted by molar-refractivity contribution is 0.273. The zero-order chi connectivity index (χ0) is 15.0. The van der Waals surface area contributed by atoms with Gasteiger partial charge in [-0.3, -0.25) is 5.10 Å². The molecule has 0 fully saturated rings. The number of guanidine groups is 1. The Morgan fingerprint density at radius 1 is 1.38 bits per heavy atom. The number of aromatic nitrogens is 2. The van der Waals surface area contributed by atoms with Gasteiger partial charge in [0, 0.05) is 12.1 Å². The molecule has 0 aromatic carbocycles. The Labute approximate surface area is 127 Å². The number of aliphatic imine (C=N–C) groups is 1. The minimum Gasteiger partial charge on any atom is -0.370 e. The van der Waals surface area contributed by atoms with E-state index < -0.39 is 5.66 Å². The fraction of sp³-hybridized carbons (Fsp3) is 0.429. The number of nitrogens with one attached hydrogen (secondary N) is 2. The highest BCUT2D eigenvalue weighted by molar-refractivity contribution is 7.16. The molecule has 1 aliphatic rings. The van der Waals surface area contributed by atoms with Crippen LogP contribution < -0.4 is 16.8 Å². The predicted molar refractivity (Wildman–Crippen MR) is 87.1 cm³/mol. The lowest BCUT2D eigenvalue weighted by Gasteiger charge is -2.36. The fourth-order valence-corrected chi connectivity index (χ4v) is 4.13. The van der Waals surface area contributed by atoms with E-state index in [-0.39, 0.29) is 5.92 Å². The molecule has 6 nitrogen and oxygen atoms in total. The van der Waals surface area contributed by atoms with Crippen LogP contribution in [0.1, 0.15) is 31.6 Å². The molecule has 0 spiro atoms. The number of aromatic amines is 1. The van der Waals surface area contributed by atoms with Crippen molar-refractivity contribution in [3.05, 3.63) is 23.2 Å². The molecule has 0 amide bonds. The zero-order valence-electron chi connectivity index (χ0n) is 12.2. The van der Waals surface area contributed by atoms with Crippen LogP contribution in [0.15, 0.2) is 23.3 Å². The molecular weight excluding hydrogens is 284 g/mol. The molecule has 1 aliphatic heterocycles. The molecule has 6 N–H and O–H groups in total. The van der Waals surface area contributed by atoms with Gasteiger partial charge in [-0.05, 0) is 25.0 Å². The molecule has 0 aliphatic carbocycles. The Hall–Kier alpha value is -1.86. The third-order valence-electron chi connectivity index (χ3n) is 4.04.